The average Bonchev–Trinajstić information content (AvgIpc) is 2.89. The van der Waals surface area contributed by atoms with Crippen LogP contribution in [0.2, 0.25) is 0 Å². The third kappa shape index (κ3) is 6.74. The predicted octanol–water partition coefficient (Wildman–Crippen LogP) is -0.558. The lowest BCUT2D eigenvalue weighted by atomic mass is 10.2. The van der Waals surface area contributed by atoms with E-state index >= 15 is 0 Å². The quantitative estimate of drug-likeness (QED) is 0.496. The van der Waals surface area contributed by atoms with Gasteiger partial charge in [0, 0.05) is 39.3 Å². The first-order valence-electron chi connectivity index (χ1n) is 7.83. The van der Waals surface area contributed by atoms with E-state index in [0.29, 0.717) is 19.0 Å². The van der Waals surface area contributed by atoms with Gasteiger partial charge in [0.25, 0.3) is 0 Å². The molecule has 1 rings (SSSR count). The highest BCUT2D eigenvalue weighted by Crippen LogP contribution is 2.19. The number of guanidine groups is 1. The summed E-state index contributed by atoms with van der Waals surface area (Å²) in [5.41, 5.74) is 0. The smallest absolute Gasteiger partial charge is 0.243 e. The number of hydrogen-bond acceptors (Lipinski definition) is 4. The Labute approximate surface area is 139 Å². The summed E-state index contributed by atoms with van der Waals surface area (Å²) in [6.45, 7) is 5.04. The van der Waals surface area contributed by atoms with Crippen LogP contribution in [0.5, 0.6) is 0 Å². The summed E-state index contributed by atoms with van der Waals surface area (Å²) < 4.78 is 25.0. The summed E-state index contributed by atoms with van der Waals surface area (Å²) in [5, 5.41) is 6.30. The molecule has 0 spiro atoms. The first-order valence-corrected chi connectivity index (χ1v) is 9.68. The number of aliphatic imine (C=N–C) groups is 1. The van der Waals surface area contributed by atoms with E-state index in [1.165, 1.54) is 15.5 Å². The van der Waals surface area contributed by atoms with Crippen molar-refractivity contribution in [2.24, 2.45) is 4.99 Å². The van der Waals surface area contributed by atoms with Gasteiger partial charge in [-0.1, -0.05) is 0 Å². The second-order valence-corrected chi connectivity index (χ2v) is 8.24. The van der Waals surface area contributed by atoms with Crippen molar-refractivity contribution in [3.63, 3.8) is 0 Å². The summed E-state index contributed by atoms with van der Waals surface area (Å²) in [6, 6.07) is 0.0824. The third-order valence-corrected chi connectivity index (χ3v) is 4.88. The van der Waals surface area contributed by atoms with Gasteiger partial charge in [0.2, 0.25) is 15.9 Å². The van der Waals surface area contributed by atoms with Gasteiger partial charge in [-0.3, -0.25) is 4.79 Å². The van der Waals surface area contributed by atoms with Gasteiger partial charge in [-0.15, -0.1) is 0 Å². The molecule has 1 saturated heterocycles. The van der Waals surface area contributed by atoms with Gasteiger partial charge >= 0.3 is 0 Å². The lowest BCUT2D eigenvalue weighted by Crippen LogP contribution is -2.48. The van der Waals surface area contributed by atoms with E-state index in [4.69, 9.17) is 0 Å². The molecule has 0 aliphatic carbocycles. The van der Waals surface area contributed by atoms with Crippen molar-refractivity contribution in [1.29, 1.82) is 0 Å². The molecule has 1 aliphatic heterocycles. The number of rotatable bonds is 6. The lowest BCUT2D eigenvalue weighted by molar-refractivity contribution is -0.127. The summed E-state index contributed by atoms with van der Waals surface area (Å²) in [6.07, 6.45) is 2.93. The second kappa shape index (κ2) is 8.49. The highest BCUT2D eigenvalue weighted by Gasteiger charge is 2.31. The zero-order valence-electron chi connectivity index (χ0n) is 14.7. The van der Waals surface area contributed by atoms with Crippen molar-refractivity contribution < 1.29 is 13.2 Å². The molecule has 1 aliphatic rings. The van der Waals surface area contributed by atoms with Gasteiger partial charge in [0.15, 0.2) is 5.96 Å². The summed E-state index contributed by atoms with van der Waals surface area (Å²) >= 11 is 0. The number of nitrogens with zero attached hydrogens (tertiary/aromatic N) is 3. The highest BCUT2D eigenvalue weighted by molar-refractivity contribution is 7.88. The van der Waals surface area contributed by atoms with Crippen molar-refractivity contribution in [1.82, 2.24) is 19.8 Å². The normalized spacial score (nSPS) is 19.9. The van der Waals surface area contributed by atoms with Gasteiger partial charge in [0.1, 0.15) is 6.54 Å². The summed E-state index contributed by atoms with van der Waals surface area (Å²) in [4.78, 5) is 17.4. The molecule has 1 fully saturated rings. The molecule has 0 aromatic carbocycles. The summed E-state index contributed by atoms with van der Waals surface area (Å²) in [5.74, 6) is 0.434. The standard InChI is InChI=1S/C14H29N5O3S/c1-11(2)17-14(16-10-13(20)18(3)4)15-9-12-7-6-8-19(12)23(5,21)22/h11-12H,6-10H2,1-5H3,(H2,15,16,17)/t12-/m1/s1. The molecule has 2 N–H and O–H groups in total. The molecule has 134 valence electrons. The molecule has 9 heteroatoms. The van der Waals surface area contributed by atoms with Gasteiger partial charge in [0.05, 0.1) is 6.26 Å². The fourth-order valence-corrected chi connectivity index (χ4v) is 3.56. The van der Waals surface area contributed by atoms with Crippen molar-refractivity contribution in [3.8, 4) is 0 Å². The van der Waals surface area contributed by atoms with E-state index in [0.717, 1.165) is 12.8 Å². The molecule has 0 unspecified atom stereocenters. The van der Waals surface area contributed by atoms with Crippen molar-refractivity contribution in [2.45, 2.75) is 38.8 Å². The minimum Gasteiger partial charge on any atom is -0.355 e. The molecule has 1 amide bonds. The summed E-state index contributed by atoms with van der Waals surface area (Å²) in [7, 11) is 0.180. The van der Waals surface area contributed by atoms with Crippen LogP contribution in [-0.4, -0.2) is 81.6 Å². The number of carbonyl (C=O) groups excluding carboxylic acids is 1. The van der Waals surface area contributed by atoms with Crippen LogP contribution in [0.15, 0.2) is 4.99 Å². The van der Waals surface area contributed by atoms with Crippen LogP contribution in [-0.2, 0) is 14.8 Å². The topological polar surface area (TPSA) is 94.1 Å². The maximum absolute atomic E-state index is 11.8. The Morgan fingerprint density at radius 2 is 2.04 bits per heavy atom. The van der Waals surface area contributed by atoms with Crippen molar-refractivity contribution >= 4 is 21.9 Å². The van der Waals surface area contributed by atoms with E-state index in [-0.39, 0.29) is 24.5 Å². The minimum absolute atomic E-state index is 0.0511. The Morgan fingerprint density at radius 3 is 2.57 bits per heavy atom. The molecule has 0 bridgehead atoms. The second-order valence-electron chi connectivity index (χ2n) is 6.30. The van der Waals surface area contributed by atoms with E-state index in [1.54, 1.807) is 14.1 Å². The molecule has 1 heterocycles. The average molecular weight is 347 g/mol. The minimum atomic E-state index is -3.19. The van der Waals surface area contributed by atoms with Crippen LogP contribution in [0.4, 0.5) is 0 Å². The van der Waals surface area contributed by atoms with Crippen molar-refractivity contribution in [3.05, 3.63) is 0 Å². The molecule has 23 heavy (non-hydrogen) atoms. The first-order chi connectivity index (χ1) is 10.6. The van der Waals surface area contributed by atoms with Gasteiger partial charge in [-0.05, 0) is 26.7 Å². The predicted molar refractivity (Wildman–Crippen MR) is 91.8 cm³/mol. The third-order valence-electron chi connectivity index (χ3n) is 3.55. The van der Waals surface area contributed by atoms with E-state index in [1.807, 2.05) is 13.8 Å². The van der Waals surface area contributed by atoms with Crippen molar-refractivity contribution in [2.75, 3.05) is 40.0 Å². The molecule has 8 nitrogen and oxygen atoms in total. The van der Waals surface area contributed by atoms with Crippen LogP contribution >= 0.6 is 0 Å². The Kier molecular flexibility index (Phi) is 7.27. The van der Waals surface area contributed by atoms with E-state index in [2.05, 4.69) is 15.6 Å². The largest absolute Gasteiger partial charge is 0.355 e. The van der Waals surface area contributed by atoms with Gasteiger partial charge < -0.3 is 15.5 Å². The Morgan fingerprint density at radius 1 is 1.39 bits per heavy atom. The number of hydrogen-bond donors (Lipinski definition) is 2. The number of likely N-dealkylation sites (N-methyl/N-ethyl adjacent to an activating group) is 1. The molecule has 0 saturated carbocycles. The molecular weight excluding hydrogens is 318 g/mol. The van der Waals surface area contributed by atoms with E-state index < -0.39 is 10.0 Å². The lowest BCUT2D eigenvalue weighted by Gasteiger charge is -2.24. The fourth-order valence-electron chi connectivity index (χ4n) is 2.38. The monoisotopic (exact) mass is 347 g/mol. The molecule has 0 aromatic rings. The van der Waals surface area contributed by atoms with Gasteiger partial charge in [-0.2, -0.15) is 4.31 Å². The zero-order valence-corrected chi connectivity index (χ0v) is 15.5. The number of nitrogens with one attached hydrogen (secondary N) is 2. The molecule has 0 aromatic heterocycles. The Bertz CT molecular complexity index is 531. The Hall–Kier alpha value is -1.35. The first kappa shape index (κ1) is 19.7. The SMILES string of the molecule is CC(C)NC(=NCC(=O)N(C)C)NC[C@H]1CCCN1S(C)(=O)=O. The van der Waals surface area contributed by atoms with Crippen LogP contribution in [0.3, 0.4) is 0 Å². The maximum atomic E-state index is 11.8. The molecule has 0 radical (unpaired) electrons. The van der Waals surface area contributed by atoms with Crippen LogP contribution in [0.25, 0.3) is 0 Å². The van der Waals surface area contributed by atoms with E-state index in [9.17, 15) is 13.2 Å². The van der Waals surface area contributed by atoms with Crippen LogP contribution < -0.4 is 10.6 Å². The van der Waals surface area contributed by atoms with Gasteiger partial charge in [-0.25, -0.2) is 13.4 Å². The molecular formula is C14H29N5O3S. The molecule has 1 atom stereocenters. The zero-order chi connectivity index (χ0) is 17.6. The number of amides is 1. The maximum Gasteiger partial charge on any atom is 0.243 e. The fraction of sp³-hybridized carbons (Fsp3) is 0.857. The van der Waals surface area contributed by atoms with Crippen LogP contribution in [0, 0.1) is 0 Å². The van der Waals surface area contributed by atoms with Crippen LogP contribution in [0.1, 0.15) is 26.7 Å². The highest BCUT2D eigenvalue weighted by atomic mass is 32.2. The number of sulfonamides is 1. The Balaban J connectivity index is 2.67. The number of carbonyl (C=O) groups is 1.